The van der Waals surface area contributed by atoms with E-state index in [0.717, 1.165) is 0 Å². The minimum Gasteiger partial charge on any atom is -0.494 e. The molecular weight excluding hydrogens is 394 g/mol. The molecule has 8 heteroatoms. The zero-order chi connectivity index (χ0) is 20.5. The van der Waals surface area contributed by atoms with Crippen molar-refractivity contribution in [3.8, 4) is 17.1 Å². The number of likely N-dealkylation sites (N-methyl/N-ethyl adjacent to an activating group) is 1. The van der Waals surface area contributed by atoms with Crippen LogP contribution < -0.4 is 10.1 Å². The van der Waals surface area contributed by atoms with Crippen LogP contribution in [0, 0.1) is 0 Å². The van der Waals surface area contributed by atoms with Gasteiger partial charge in [-0.2, -0.15) is 0 Å². The van der Waals surface area contributed by atoms with E-state index < -0.39 is 17.4 Å². The lowest BCUT2D eigenvalue weighted by Crippen LogP contribution is -2.55. The van der Waals surface area contributed by atoms with Crippen LogP contribution in [0.25, 0.3) is 33.2 Å². The summed E-state index contributed by atoms with van der Waals surface area (Å²) >= 11 is 6.15. The SMILES string of the molecule is CNC(=O)C1(O)C(=O)c2c([nH]c3ccc(Cl)cc23)-c2c(OC)c3ccccc3n21. The summed E-state index contributed by atoms with van der Waals surface area (Å²) in [5.41, 5.74) is -0.239. The van der Waals surface area contributed by atoms with Crippen molar-refractivity contribution in [1.82, 2.24) is 14.9 Å². The Morgan fingerprint density at radius 3 is 2.72 bits per heavy atom. The van der Waals surface area contributed by atoms with E-state index in [1.54, 1.807) is 30.3 Å². The predicted molar refractivity (Wildman–Crippen MR) is 109 cm³/mol. The van der Waals surface area contributed by atoms with Gasteiger partial charge in [-0.1, -0.05) is 23.7 Å². The molecule has 0 aliphatic carbocycles. The van der Waals surface area contributed by atoms with Gasteiger partial charge in [0.25, 0.3) is 11.6 Å². The van der Waals surface area contributed by atoms with Crippen LogP contribution in [0.15, 0.2) is 42.5 Å². The lowest BCUT2D eigenvalue weighted by molar-refractivity contribution is -0.142. The third-order valence-corrected chi connectivity index (χ3v) is 5.68. The van der Waals surface area contributed by atoms with E-state index in [0.29, 0.717) is 44.0 Å². The Kier molecular flexibility index (Phi) is 3.59. The summed E-state index contributed by atoms with van der Waals surface area (Å²) in [6.45, 7) is 0. The Bertz CT molecular complexity index is 1350. The number of H-pyrrole nitrogens is 1. The molecule has 0 radical (unpaired) electrons. The van der Waals surface area contributed by atoms with E-state index in [2.05, 4.69) is 10.3 Å². The molecule has 1 amide bonds. The molecule has 2 aromatic heterocycles. The number of halogens is 1. The van der Waals surface area contributed by atoms with Crippen molar-refractivity contribution in [3.63, 3.8) is 0 Å². The fraction of sp³-hybridized carbons (Fsp3) is 0.143. The predicted octanol–water partition coefficient (Wildman–Crippen LogP) is 3.04. The zero-order valence-corrected chi connectivity index (χ0v) is 16.3. The van der Waals surface area contributed by atoms with Crippen molar-refractivity contribution in [2.75, 3.05) is 14.2 Å². The van der Waals surface area contributed by atoms with Gasteiger partial charge in [0.2, 0.25) is 5.78 Å². The summed E-state index contributed by atoms with van der Waals surface area (Å²) in [4.78, 5) is 29.7. The van der Waals surface area contributed by atoms with Gasteiger partial charge < -0.3 is 20.1 Å². The minimum atomic E-state index is -2.48. The van der Waals surface area contributed by atoms with Crippen LogP contribution in [-0.2, 0) is 10.5 Å². The number of aromatic amines is 1. The van der Waals surface area contributed by atoms with Gasteiger partial charge in [-0.15, -0.1) is 0 Å². The summed E-state index contributed by atoms with van der Waals surface area (Å²) in [5, 5.41) is 15.6. The largest absolute Gasteiger partial charge is 0.494 e. The minimum absolute atomic E-state index is 0.196. The average Bonchev–Trinajstić information content (AvgIpc) is 3.26. The number of para-hydroxylation sites is 1. The maximum absolute atomic E-state index is 13.6. The smallest absolute Gasteiger partial charge is 0.289 e. The number of Topliss-reactive ketones (excluding diaryl/α,β-unsaturated/α-hetero) is 1. The van der Waals surface area contributed by atoms with Crippen LogP contribution >= 0.6 is 11.6 Å². The van der Waals surface area contributed by atoms with Gasteiger partial charge in [-0.3, -0.25) is 14.2 Å². The molecule has 4 aromatic rings. The molecule has 1 aliphatic rings. The van der Waals surface area contributed by atoms with Crippen molar-refractivity contribution in [2.45, 2.75) is 5.72 Å². The number of aromatic nitrogens is 2. The van der Waals surface area contributed by atoms with Crippen LogP contribution in [0.2, 0.25) is 5.02 Å². The molecule has 5 rings (SSSR count). The number of nitrogens with zero attached hydrogens (tertiary/aromatic N) is 1. The molecule has 7 nitrogen and oxygen atoms in total. The Morgan fingerprint density at radius 1 is 1.24 bits per heavy atom. The molecule has 0 spiro atoms. The second kappa shape index (κ2) is 5.85. The number of benzene rings is 2. The summed E-state index contributed by atoms with van der Waals surface area (Å²) < 4.78 is 7.00. The summed E-state index contributed by atoms with van der Waals surface area (Å²) in [5.74, 6) is -1.13. The quantitative estimate of drug-likeness (QED) is 0.443. The number of carbonyl (C=O) groups excluding carboxylic acids is 2. The number of hydrogen-bond donors (Lipinski definition) is 3. The number of amides is 1. The number of aliphatic hydroxyl groups is 1. The summed E-state index contributed by atoms with van der Waals surface area (Å²) in [6, 6.07) is 12.2. The van der Waals surface area contributed by atoms with Gasteiger partial charge in [-0.25, -0.2) is 0 Å². The highest BCUT2D eigenvalue weighted by atomic mass is 35.5. The second-order valence-corrected chi connectivity index (χ2v) is 7.32. The standard InChI is InChI=1S/C21H16ClN3O4/c1-23-20(27)21(28)19(26)15-12-9-10(22)7-8-13(12)24-16(15)17-18(29-2)11-5-3-4-6-14(11)25(17)21/h3-9,24,28H,1-2H3,(H,23,27). The number of nitrogens with one attached hydrogen (secondary N) is 2. The Labute approximate surface area is 169 Å². The van der Waals surface area contributed by atoms with Crippen molar-refractivity contribution in [3.05, 3.63) is 53.1 Å². The first-order valence-corrected chi connectivity index (χ1v) is 9.30. The molecule has 1 unspecified atom stereocenters. The van der Waals surface area contributed by atoms with Crippen LogP contribution in [0.1, 0.15) is 10.4 Å². The maximum Gasteiger partial charge on any atom is 0.289 e. The number of hydrogen-bond acceptors (Lipinski definition) is 4. The highest BCUT2D eigenvalue weighted by Gasteiger charge is 2.54. The van der Waals surface area contributed by atoms with Crippen LogP contribution in [0.5, 0.6) is 5.75 Å². The number of fused-ring (bicyclic) bond motifs is 7. The van der Waals surface area contributed by atoms with Gasteiger partial charge in [0.15, 0.2) is 5.75 Å². The third-order valence-electron chi connectivity index (χ3n) is 5.44. The monoisotopic (exact) mass is 409 g/mol. The van der Waals surface area contributed by atoms with Gasteiger partial charge in [0, 0.05) is 28.4 Å². The Balaban J connectivity index is 2.04. The van der Waals surface area contributed by atoms with Gasteiger partial charge in [0.05, 0.1) is 23.9 Å². The number of rotatable bonds is 2. The van der Waals surface area contributed by atoms with E-state index in [9.17, 15) is 14.7 Å². The van der Waals surface area contributed by atoms with Crippen LogP contribution in [0.4, 0.5) is 0 Å². The van der Waals surface area contributed by atoms with Crippen molar-refractivity contribution in [2.24, 2.45) is 0 Å². The first-order chi connectivity index (χ1) is 13.9. The van der Waals surface area contributed by atoms with Gasteiger partial charge in [-0.05, 0) is 30.3 Å². The Hall–Kier alpha value is -3.29. The molecule has 2 aromatic carbocycles. The first-order valence-electron chi connectivity index (χ1n) is 8.92. The van der Waals surface area contributed by atoms with E-state index in [1.807, 2.05) is 12.1 Å². The van der Waals surface area contributed by atoms with Gasteiger partial charge in [0.1, 0.15) is 5.69 Å². The van der Waals surface area contributed by atoms with Gasteiger partial charge >= 0.3 is 0 Å². The highest BCUT2D eigenvalue weighted by Crippen LogP contribution is 2.49. The van der Waals surface area contributed by atoms with E-state index in [1.165, 1.54) is 18.7 Å². The molecular formula is C21H16ClN3O4. The molecule has 0 saturated carbocycles. The fourth-order valence-corrected chi connectivity index (χ4v) is 4.38. The number of ether oxygens (including phenoxy) is 1. The number of carbonyl (C=O) groups is 2. The Morgan fingerprint density at radius 2 is 2.00 bits per heavy atom. The highest BCUT2D eigenvalue weighted by molar-refractivity contribution is 6.32. The number of methoxy groups -OCH3 is 1. The van der Waals surface area contributed by atoms with E-state index >= 15 is 0 Å². The second-order valence-electron chi connectivity index (χ2n) is 6.88. The zero-order valence-electron chi connectivity index (χ0n) is 15.5. The van der Waals surface area contributed by atoms with Crippen LogP contribution in [0.3, 0.4) is 0 Å². The normalized spacial score (nSPS) is 18.0. The lowest BCUT2D eigenvalue weighted by Gasteiger charge is -2.32. The number of ketones is 1. The van der Waals surface area contributed by atoms with Crippen LogP contribution in [-0.4, -0.2) is 40.5 Å². The first kappa shape index (κ1) is 17.8. The molecule has 0 bridgehead atoms. The van der Waals surface area contributed by atoms with Crippen molar-refractivity contribution in [1.29, 1.82) is 0 Å². The summed E-state index contributed by atoms with van der Waals surface area (Å²) in [6.07, 6.45) is 0. The average molecular weight is 410 g/mol. The summed E-state index contributed by atoms with van der Waals surface area (Å²) in [7, 11) is 2.88. The lowest BCUT2D eigenvalue weighted by atomic mass is 9.91. The van der Waals surface area contributed by atoms with Crippen molar-refractivity contribution < 1.29 is 19.4 Å². The maximum atomic E-state index is 13.6. The van der Waals surface area contributed by atoms with E-state index in [-0.39, 0.29) is 5.56 Å². The molecule has 0 fully saturated rings. The molecule has 29 heavy (non-hydrogen) atoms. The van der Waals surface area contributed by atoms with Crippen molar-refractivity contribution >= 4 is 45.1 Å². The van der Waals surface area contributed by atoms with E-state index in [4.69, 9.17) is 16.3 Å². The molecule has 1 atom stereocenters. The fourth-order valence-electron chi connectivity index (χ4n) is 4.21. The molecule has 3 heterocycles. The molecule has 146 valence electrons. The molecule has 3 N–H and O–H groups in total. The topological polar surface area (TPSA) is 96.3 Å². The third kappa shape index (κ3) is 2.06. The molecule has 1 aliphatic heterocycles. The molecule has 0 saturated heterocycles.